The van der Waals surface area contributed by atoms with Crippen LogP contribution in [0.25, 0.3) is 0 Å². The monoisotopic (exact) mass is 408 g/mol. The quantitative estimate of drug-likeness (QED) is 0.740. The molecule has 2 aromatic rings. The van der Waals surface area contributed by atoms with Gasteiger partial charge in [-0.1, -0.05) is 6.07 Å². The molecule has 0 spiro atoms. The standard InChI is InChI=1S/C16H13BrN2O4S/c1-10-2-3-13(12(17)6-10)22-9-15(21)23-8-14(20)19-16-11(7-18)4-5-24-16/h2-6H,8-9H2,1H3,(H,19,20). The number of anilines is 1. The second kappa shape index (κ2) is 8.47. The second-order valence-electron chi connectivity index (χ2n) is 4.71. The van der Waals surface area contributed by atoms with Crippen LogP contribution >= 0.6 is 27.3 Å². The number of hydrogen-bond acceptors (Lipinski definition) is 6. The lowest BCUT2D eigenvalue weighted by Crippen LogP contribution is -2.23. The molecule has 0 aliphatic carbocycles. The summed E-state index contributed by atoms with van der Waals surface area (Å²) in [5.74, 6) is -0.664. The molecule has 2 rings (SSSR count). The minimum atomic E-state index is -0.663. The van der Waals surface area contributed by atoms with Crippen molar-refractivity contribution in [2.45, 2.75) is 6.92 Å². The van der Waals surface area contributed by atoms with Gasteiger partial charge in [0, 0.05) is 0 Å². The van der Waals surface area contributed by atoms with Gasteiger partial charge < -0.3 is 14.8 Å². The van der Waals surface area contributed by atoms with Crippen LogP contribution in [-0.2, 0) is 14.3 Å². The topological polar surface area (TPSA) is 88.4 Å². The Morgan fingerprint density at radius 3 is 2.83 bits per heavy atom. The van der Waals surface area contributed by atoms with E-state index in [9.17, 15) is 9.59 Å². The van der Waals surface area contributed by atoms with Crippen LogP contribution in [-0.4, -0.2) is 25.1 Å². The SMILES string of the molecule is Cc1ccc(OCC(=O)OCC(=O)Nc2sccc2C#N)c(Br)c1. The van der Waals surface area contributed by atoms with Crippen LogP contribution in [0.2, 0.25) is 0 Å². The van der Waals surface area contributed by atoms with Gasteiger partial charge in [-0.2, -0.15) is 5.26 Å². The number of amides is 1. The predicted octanol–water partition coefficient (Wildman–Crippen LogP) is 3.25. The molecule has 8 heteroatoms. The van der Waals surface area contributed by atoms with Crippen LogP contribution in [0.5, 0.6) is 5.75 Å². The first kappa shape index (κ1) is 18.0. The summed E-state index contributed by atoms with van der Waals surface area (Å²) >= 11 is 4.56. The fraction of sp³-hybridized carbons (Fsp3) is 0.188. The van der Waals surface area contributed by atoms with Crippen LogP contribution in [0, 0.1) is 18.3 Å². The Morgan fingerprint density at radius 2 is 2.12 bits per heavy atom. The molecule has 0 fully saturated rings. The molecular weight excluding hydrogens is 396 g/mol. The van der Waals surface area contributed by atoms with Gasteiger partial charge in [-0.05, 0) is 52.0 Å². The molecule has 0 saturated heterocycles. The molecule has 0 aliphatic heterocycles. The fourth-order valence-electron chi connectivity index (χ4n) is 1.70. The molecule has 1 heterocycles. The Morgan fingerprint density at radius 1 is 1.33 bits per heavy atom. The molecule has 0 aliphatic rings. The summed E-state index contributed by atoms with van der Waals surface area (Å²) in [5.41, 5.74) is 1.42. The number of aryl methyl sites for hydroxylation is 1. The number of thiophene rings is 1. The molecule has 124 valence electrons. The summed E-state index contributed by atoms with van der Waals surface area (Å²) in [4.78, 5) is 23.3. The summed E-state index contributed by atoms with van der Waals surface area (Å²) in [5, 5.41) is 13.5. The number of hydrogen-bond donors (Lipinski definition) is 1. The van der Waals surface area contributed by atoms with E-state index in [4.69, 9.17) is 14.7 Å². The van der Waals surface area contributed by atoms with Gasteiger partial charge in [0.25, 0.3) is 5.91 Å². The summed E-state index contributed by atoms with van der Waals surface area (Å²) in [6.45, 7) is 1.18. The number of nitrogens with zero attached hydrogens (tertiary/aromatic N) is 1. The van der Waals surface area contributed by atoms with E-state index in [0.29, 0.717) is 16.3 Å². The molecule has 0 unspecified atom stereocenters. The Hall–Kier alpha value is -2.37. The number of carbonyl (C=O) groups excluding carboxylic acids is 2. The lowest BCUT2D eigenvalue weighted by atomic mass is 10.2. The van der Waals surface area contributed by atoms with Crippen molar-refractivity contribution in [3.8, 4) is 11.8 Å². The van der Waals surface area contributed by atoms with Gasteiger partial charge in [-0.15, -0.1) is 11.3 Å². The third-order valence-corrected chi connectivity index (χ3v) is 4.29. The largest absolute Gasteiger partial charge is 0.481 e. The average molecular weight is 409 g/mol. The Kier molecular flexibility index (Phi) is 6.35. The van der Waals surface area contributed by atoms with Crippen molar-refractivity contribution in [2.75, 3.05) is 18.5 Å². The van der Waals surface area contributed by atoms with Gasteiger partial charge in [-0.25, -0.2) is 4.79 Å². The number of nitriles is 1. The fourth-order valence-corrected chi connectivity index (χ4v) is 3.07. The minimum Gasteiger partial charge on any atom is -0.481 e. The highest BCUT2D eigenvalue weighted by Gasteiger charge is 2.12. The number of halogens is 1. The highest BCUT2D eigenvalue weighted by atomic mass is 79.9. The van der Waals surface area contributed by atoms with Crippen molar-refractivity contribution in [3.63, 3.8) is 0 Å². The number of carbonyl (C=O) groups is 2. The maximum atomic E-state index is 11.7. The molecule has 1 N–H and O–H groups in total. The first-order chi connectivity index (χ1) is 11.5. The molecule has 1 aromatic heterocycles. The van der Waals surface area contributed by atoms with Crippen molar-refractivity contribution in [2.24, 2.45) is 0 Å². The molecule has 0 saturated carbocycles. The van der Waals surface area contributed by atoms with Crippen molar-refractivity contribution in [3.05, 3.63) is 45.2 Å². The Labute approximate surface area is 151 Å². The highest BCUT2D eigenvalue weighted by molar-refractivity contribution is 9.10. The van der Waals surface area contributed by atoms with Gasteiger partial charge in [0.1, 0.15) is 16.8 Å². The van der Waals surface area contributed by atoms with Crippen molar-refractivity contribution in [1.82, 2.24) is 0 Å². The van der Waals surface area contributed by atoms with E-state index < -0.39 is 18.5 Å². The molecule has 1 aromatic carbocycles. The molecule has 0 bridgehead atoms. The zero-order chi connectivity index (χ0) is 17.5. The van der Waals surface area contributed by atoms with Gasteiger partial charge in [0.2, 0.25) is 0 Å². The molecular formula is C16H13BrN2O4S. The predicted molar refractivity (Wildman–Crippen MR) is 93.0 cm³/mol. The maximum absolute atomic E-state index is 11.7. The zero-order valence-corrected chi connectivity index (χ0v) is 15.1. The third-order valence-electron chi connectivity index (χ3n) is 2.84. The van der Waals surface area contributed by atoms with E-state index in [2.05, 4.69) is 21.2 Å². The first-order valence-electron chi connectivity index (χ1n) is 6.81. The van der Waals surface area contributed by atoms with E-state index in [1.54, 1.807) is 17.5 Å². The smallest absolute Gasteiger partial charge is 0.344 e. The van der Waals surface area contributed by atoms with Crippen molar-refractivity contribution < 1.29 is 19.1 Å². The summed E-state index contributed by atoms with van der Waals surface area (Å²) < 4.78 is 10.9. The zero-order valence-electron chi connectivity index (χ0n) is 12.7. The number of rotatable bonds is 6. The van der Waals surface area contributed by atoms with Crippen molar-refractivity contribution >= 4 is 44.1 Å². The van der Waals surface area contributed by atoms with Gasteiger partial charge in [0.05, 0.1) is 10.0 Å². The summed E-state index contributed by atoms with van der Waals surface area (Å²) in [7, 11) is 0. The minimum absolute atomic E-state index is 0.308. The summed E-state index contributed by atoms with van der Waals surface area (Å²) in [6.07, 6.45) is 0. The molecule has 6 nitrogen and oxygen atoms in total. The lowest BCUT2D eigenvalue weighted by molar-refractivity contribution is -0.149. The van der Waals surface area contributed by atoms with Crippen molar-refractivity contribution in [1.29, 1.82) is 5.26 Å². The first-order valence-corrected chi connectivity index (χ1v) is 8.49. The normalized spacial score (nSPS) is 9.88. The van der Waals surface area contributed by atoms with E-state index in [-0.39, 0.29) is 6.61 Å². The number of esters is 1. The summed E-state index contributed by atoms with van der Waals surface area (Å²) in [6, 6.07) is 9.01. The second-order valence-corrected chi connectivity index (χ2v) is 6.48. The van der Waals surface area contributed by atoms with Crippen LogP contribution in [0.4, 0.5) is 5.00 Å². The highest BCUT2D eigenvalue weighted by Crippen LogP contribution is 2.25. The van der Waals surface area contributed by atoms with E-state index >= 15 is 0 Å². The van der Waals surface area contributed by atoms with Crippen LogP contribution in [0.3, 0.4) is 0 Å². The van der Waals surface area contributed by atoms with Crippen LogP contribution in [0.15, 0.2) is 34.1 Å². The molecule has 1 amide bonds. The third kappa shape index (κ3) is 5.08. The van der Waals surface area contributed by atoms with E-state index in [0.717, 1.165) is 10.0 Å². The number of nitrogens with one attached hydrogen (secondary N) is 1. The van der Waals surface area contributed by atoms with E-state index in [1.807, 2.05) is 25.1 Å². The van der Waals surface area contributed by atoms with Gasteiger partial charge in [-0.3, -0.25) is 4.79 Å². The van der Waals surface area contributed by atoms with Crippen LogP contribution < -0.4 is 10.1 Å². The Bertz CT molecular complexity index is 798. The van der Waals surface area contributed by atoms with E-state index in [1.165, 1.54) is 11.3 Å². The maximum Gasteiger partial charge on any atom is 0.344 e. The average Bonchev–Trinajstić information content (AvgIpc) is 2.99. The van der Waals surface area contributed by atoms with Crippen LogP contribution in [0.1, 0.15) is 11.1 Å². The number of benzene rings is 1. The molecule has 24 heavy (non-hydrogen) atoms. The lowest BCUT2D eigenvalue weighted by Gasteiger charge is -2.09. The molecule has 0 radical (unpaired) electrons. The number of ether oxygens (including phenoxy) is 2. The van der Waals surface area contributed by atoms with Gasteiger partial charge >= 0.3 is 5.97 Å². The Balaban J connectivity index is 1.76. The van der Waals surface area contributed by atoms with Gasteiger partial charge in [0.15, 0.2) is 13.2 Å². The molecule has 0 atom stereocenters.